The predicted octanol–water partition coefficient (Wildman–Crippen LogP) is 2.49. The third-order valence-electron chi connectivity index (χ3n) is 4.04. The quantitative estimate of drug-likeness (QED) is 0.843. The van der Waals surface area contributed by atoms with E-state index in [0.717, 1.165) is 19.6 Å². The van der Waals surface area contributed by atoms with Crippen LogP contribution in [0.2, 0.25) is 0 Å². The van der Waals surface area contributed by atoms with Gasteiger partial charge in [0.05, 0.1) is 0 Å². The minimum atomic E-state index is 0.592. The number of piperazine rings is 1. The Labute approximate surface area is 105 Å². The highest BCUT2D eigenvalue weighted by atomic mass is 15.2. The molecule has 0 aliphatic carbocycles. The average Bonchev–Trinajstić information content (AvgIpc) is 2.30. The number of benzene rings is 1. The average molecular weight is 232 g/mol. The molecule has 1 heterocycles. The third kappa shape index (κ3) is 2.88. The Balaban J connectivity index is 2.11. The maximum Gasteiger partial charge on any atom is 0.0240 e. The summed E-state index contributed by atoms with van der Waals surface area (Å²) in [5, 5.41) is 3.53. The second-order valence-electron chi connectivity index (χ2n) is 5.38. The Bertz CT molecular complexity index is 387. The van der Waals surface area contributed by atoms with Crippen molar-refractivity contribution >= 4 is 0 Å². The molecular weight excluding hydrogens is 208 g/mol. The second kappa shape index (κ2) is 5.19. The van der Waals surface area contributed by atoms with E-state index < -0.39 is 0 Å². The fourth-order valence-corrected chi connectivity index (χ4v) is 2.54. The molecule has 1 aromatic carbocycles. The van der Waals surface area contributed by atoms with Crippen LogP contribution in [0.5, 0.6) is 0 Å². The van der Waals surface area contributed by atoms with E-state index in [1.54, 1.807) is 0 Å². The van der Waals surface area contributed by atoms with Crippen LogP contribution >= 0.6 is 0 Å². The van der Waals surface area contributed by atoms with Crippen LogP contribution in [0.3, 0.4) is 0 Å². The molecule has 0 aromatic heterocycles. The Hall–Kier alpha value is -0.860. The summed E-state index contributed by atoms with van der Waals surface area (Å²) in [6, 6.07) is 7.97. The van der Waals surface area contributed by atoms with Gasteiger partial charge in [0.25, 0.3) is 0 Å². The van der Waals surface area contributed by atoms with E-state index >= 15 is 0 Å². The molecule has 1 aliphatic rings. The third-order valence-corrected chi connectivity index (χ3v) is 4.04. The molecule has 2 nitrogen and oxygen atoms in total. The van der Waals surface area contributed by atoms with Gasteiger partial charge in [0, 0.05) is 31.7 Å². The minimum Gasteiger partial charge on any atom is -0.311 e. The fourth-order valence-electron chi connectivity index (χ4n) is 2.54. The van der Waals surface area contributed by atoms with E-state index in [9.17, 15) is 0 Å². The van der Waals surface area contributed by atoms with Crippen LogP contribution in [-0.4, -0.2) is 30.1 Å². The molecule has 2 atom stereocenters. The number of rotatable bonds is 2. The highest BCUT2D eigenvalue weighted by Gasteiger charge is 2.24. The Morgan fingerprint density at radius 1 is 1.29 bits per heavy atom. The zero-order valence-corrected chi connectivity index (χ0v) is 11.5. The molecule has 2 rings (SSSR count). The van der Waals surface area contributed by atoms with Crippen molar-refractivity contribution in [1.29, 1.82) is 0 Å². The number of hydrogen-bond donors (Lipinski definition) is 1. The van der Waals surface area contributed by atoms with E-state index in [1.807, 2.05) is 0 Å². The summed E-state index contributed by atoms with van der Waals surface area (Å²) in [6.45, 7) is 12.3. The molecule has 0 amide bonds. The summed E-state index contributed by atoms with van der Waals surface area (Å²) in [5.74, 6) is 0. The maximum atomic E-state index is 3.53. The zero-order chi connectivity index (χ0) is 12.4. The molecule has 2 unspecified atom stereocenters. The maximum absolute atomic E-state index is 3.53. The van der Waals surface area contributed by atoms with Gasteiger partial charge in [0.1, 0.15) is 0 Å². The van der Waals surface area contributed by atoms with E-state index in [-0.39, 0.29) is 0 Å². The Morgan fingerprint density at radius 2 is 2.06 bits per heavy atom. The fraction of sp³-hybridized carbons (Fsp3) is 0.600. The van der Waals surface area contributed by atoms with Gasteiger partial charge in [-0.2, -0.15) is 0 Å². The number of nitrogens with one attached hydrogen (secondary N) is 1. The highest BCUT2D eigenvalue weighted by Crippen LogP contribution is 2.17. The smallest absolute Gasteiger partial charge is 0.0240 e. The van der Waals surface area contributed by atoms with Crippen LogP contribution in [-0.2, 0) is 6.54 Å². The lowest BCUT2D eigenvalue weighted by Gasteiger charge is -2.38. The number of hydrogen-bond acceptors (Lipinski definition) is 2. The highest BCUT2D eigenvalue weighted by molar-refractivity contribution is 5.30. The molecule has 1 fully saturated rings. The lowest BCUT2D eigenvalue weighted by atomic mass is 10.0. The molecular formula is C15H24N2. The molecule has 0 saturated carbocycles. The van der Waals surface area contributed by atoms with Gasteiger partial charge in [0.2, 0.25) is 0 Å². The molecule has 1 aliphatic heterocycles. The van der Waals surface area contributed by atoms with Crippen molar-refractivity contribution in [2.24, 2.45) is 0 Å². The Kier molecular flexibility index (Phi) is 3.85. The summed E-state index contributed by atoms with van der Waals surface area (Å²) >= 11 is 0. The van der Waals surface area contributed by atoms with Crippen LogP contribution in [0.15, 0.2) is 18.2 Å². The van der Waals surface area contributed by atoms with Crippen molar-refractivity contribution in [2.45, 2.75) is 46.3 Å². The number of aryl methyl sites for hydroxylation is 2. The normalized spacial score (nSPS) is 26.1. The summed E-state index contributed by atoms with van der Waals surface area (Å²) in [7, 11) is 0. The van der Waals surface area contributed by atoms with Gasteiger partial charge < -0.3 is 5.32 Å². The summed E-state index contributed by atoms with van der Waals surface area (Å²) in [4.78, 5) is 2.59. The van der Waals surface area contributed by atoms with E-state index in [4.69, 9.17) is 0 Å². The van der Waals surface area contributed by atoms with Crippen LogP contribution in [0.4, 0.5) is 0 Å². The van der Waals surface area contributed by atoms with Crippen molar-refractivity contribution in [3.8, 4) is 0 Å². The molecule has 1 N–H and O–H groups in total. The molecule has 17 heavy (non-hydrogen) atoms. The first-order valence-corrected chi connectivity index (χ1v) is 6.61. The monoisotopic (exact) mass is 232 g/mol. The summed E-state index contributed by atoms with van der Waals surface area (Å²) in [6.07, 6.45) is 0. The van der Waals surface area contributed by atoms with Gasteiger partial charge in [0.15, 0.2) is 0 Å². The van der Waals surface area contributed by atoms with E-state index in [0.29, 0.717) is 12.1 Å². The van der Waals surface area contributed by atoms with Crippen molar-refractivity contribution in [3.63, 3.8) is 0 Å². The summed E-state index contributed by atoms with van der Waals surface area (Å²) in [5.41, 5.74) is 4.25. The molecule has 0 radical (unpaired) electrons. The molecule has 2 heteroatoms. The van der Waals surface area contributed by atoms with Gasteiger partial charge in [-0.05, 0) is 38.8 Å². The van der Waals surface area contributed by atoms with E-state index in [2.05, 4.69) is 56.1 Å². The minimum absolute atomic E-state index is 0.592. The van der Waals surface area contributed by atoms with Crippen molar-refractivity contribution in [1.82, 2.24) is 10.2 Å². The van der Waals surface area contributed by atoms with Crippen molar-refractivity contribution in [3.05, 3.63) is 34.9 Å². The molecule has 1 saturated heterocycles. The first kappa shape index (κ1) is 12.6. The van der Waals surface area contributed by atoms with Gasteiger partial charge in [-0.3, -0.25) is 4.90 Å². The van der Waals surface area contributed by atoms with Gasteiger partial charge >= 0.3 is 0 Å². The van der Waals surface area contributed by atoms with Crippen LogP contribution < -0.4 is 5.32 Å². The van der Waals surface area contributed by atoms with E-state index in [1.165, 1.54) is 16.7 Å². The molecule has 0 bridgehead atoms. The summed E-state index contributed by atoms with van der Waals surface area (Å²) < 4.78 is 0. The van der Waals surface area contributed by atoms with Crippen molar-refractivity contribution < 1.29 is 0 Å². The SMILES string of the molecule is Cc1ccc(C)c(CN2CCNC(C)C2C)c1. The van der Waals surface area contributed by atoms with Gasteiger partial charge in [-0.25, -0.2) is 0 Å². The molecule has 0 spiro atoms. The second-order valence-corrected chi connectivity index (χ2v) is 5.38. The molecule has 1 aromatic rings. The Morgan fingerprint density at radius 3 is 2.82 bits per heavy atom. The first-order valence-electron chi connectivity index (χ1n) is 6.61. The standard InChI is InChI=1S/C15H24N2/c1-11-5-6-12(2)15(9-11)10-17-8-7-16-13(3)14(17)4/h5-6,9,13-14,16H,7-8,10H2,1-4H3. The zero-order valence-electron chi connectivity index (χ0n) is 11.5. The van der Waals surface area contributed by atoms with Gasteiger partial charge in [-0.1, -0.05) is 23.8 Å². The number of nitrogens with zero attached hydrogens (tertiary/aromatic N) is 1. The van der Waals surface area contributed by atoms with Crippen LogP contribution in [0.1, 0.15) is 30.5 Å². The lowest BCUT2D eigenvalue weighted by molar-refractivity contribution is 0.130. The molecule has 94 valence electrons. The van der Waals surface area contributed by atoms with Crippen molar-refractivity contribution in [2.75, 3.05) is 13.1 Å². The van der Waals surface area contributed by atoms with Crippen LogP contribution in [0.25, 0.3) is 0 Å². The topological polar surface area (TPSA) is 15.3 Å². The lowest BCUT2D eigenvalue weighted by Crippen LogP contribution is -2.54. The first-order chi connectivity index (χ1) is 8.08. The predicted molar refractivity (Wildman–Crippen MR) is 73.3 cm³/mol. The van der Waals surface area contributed by atoms with Gasteiger partial charge in [-0.15, -0.1) is 0 Å². The van der Waals surface area contributed by atoms with Crippen LogP contribution in [0, 0.1) is 13.8 Å². The largest absolute Gasteiger partial charge is 0.311 e.